The zero-order valence-electron chi connectivity index (χ0n) is 11.3. The lowest BCUT2D eigenvalue weighted by Gasteiger charge is -2.38. The first-order valence-corrected chi connectivity index (χ1v) is 9.44. The summed E-state index contributed by atoms with van der Waals surface area (Å²) in [5, 5.41) is 3.67. The number of rotatable bonds is 6. The molecule has 0 amide bonds. The molecule has 0 aromatic heterocycles. The van der Waals surface area contributed by atoms with Crippen LogP contribution in [0.5, 0.6) is 0 Å². The molecule has 0 saturated heterocycles. The fourth-order valence-electron chi connectivity index (χ4n) is 4.19. The van der Waals surface area contributed by atoms with Crippen molar-refractivity contribution in [3.63, 3.8) is 0 Å². The maximum absolute atomic E-state index is 11.5. The summed E-state index contributed by atoms with van der Waals surface area (Å²) in [4.78, 5) is 0. The van der Waals surface area contributed by atoms with E-state index < -0.39 is 9.84 Å². The number of hydrogen-bond acceptors (Lipinski definition) is 3. The zero-order valence-corrected chi connectivity index (χ0v) is 12.1. The molecule has 3 saturated carbocycles. The summed E-state index contributed by atoms with van der Waals surface area (Å²) in [5.74, 6) is 2.05. The Morgan fingerprint density at radius 3 is 2.50 bits per heavy atom. The van der Waals surface area contributed by atoms with Gasteiger partial charge in [0.1, 0.15) is 9.84 Å². The van der Waals surface area contributed by atoms with Crippen LogP contribution in [0.2, 0.25) is 0 Å². The predicted molar refractivity (Wildman–Crippen MR) is 73.2 cm³/mol. The average Bonchev–Trinajstić information content (AvgIpc) is 2.92. The molecule has 1 N–H and O–H groups in total. The Morgan fingerprint density at radius 2 is 2.00 bits per heavy atom. The normalized spacial score (nSPS) is 39.4. The van der Waals surface area contributed by atoms with Crippen LogP contribution in [-0.2, 0) is 9.84 Å². The standard InChI is InChI=1S/C14H25NO2S/c1-18(16,17)7-6-14(10-15-13-4-5-13)9-11-2-3-12(14)8-11/h11-13,15H,2-10H2,1H3. The van der Waals surface area contributed by atoms with Gasteiger partial charge in [0, 0.05) is 18.8 Å². The van der Waals surface area contributed by atoms with E-state index in [9.17, 15) is 8.42 Å². The first-order valence-electron chi connectivity index (χ1n) is 7.38. The van der Waals surface area contributed by atoms with Crippen molar-refractivity contribution in [2.24, 2.45) is 17.3 Å². The first-order chi connectivity index (χ1) is 8.47. The monoisotopic (exact) mass is 271 g/mol. The minimum absolute atomic E-state index is 0.300. The summed E-state index contributed by atoms with van der Waals surface area (Å²) in [6.07, 6.45) is 10.2. The summed E-state index contributed by atoms with van der Waals surface area (Å²) in [7, 11) is -2.82. The molecule has 3 aliphatic carbocycles. The van der Waals surface area contributed by atoms with Crippen molar-refractivity contribution in [1.29, 1.82) is 0 Å². The van der Waals surface area contributed by atoms with Crippen LogP contribution in [-0.4, -0.2) is 33.0 Å². The second kappa shape index (κ2) is 4.48. The molecule has 0 spiro atoms. The maximum Gasteiger partial charge on any atom is 0.147 e. The summed E-state index contributed by atoms with van der Waals surface area (Å²) in [6, 6.07) is 0.735. The van der Waals surface area contributed by atoms with Gasteiger partial charge in [-0.3, -0.25) is 0 Å². The SMILES string of the molecule is CS(=O)(=O)CCC1(CNC2CC2)CC2CCC1C2. The van der Waals surface area contributed by atoms with Gasteiger partial charge in [-0.2, -0.15) is 0 Å². The Kier molecular flexibility index (Phi) is 3.22. The Labute approximate surface area is 111 Å². The van der Waals surface area contributed by atoms with E-state index in [0.29, 0.717) is 11.2 Å². The Bertz CT molecular complexity index is 416. The lowest BCUT2D eigenvalue weighted by molar-refractivity contribution is 0.150. The highest BCUT2D eigenvalue weighted by Gasteiger charge is 2.50. The van der Waals surface area contributed by atoms with Crippen LogP contribution in [0.15, 0.2) is 0 Å². The highest BCUT2D eigenvalue weighted by molar-refractivity contribution is 7.90. The molecular weight excluding hydrogens is 246 g/mol. The molecule has 3 rings (SSSR count). The molecule has 3 nitrogen and oxygen atoms in total. The van der Waals surface area contributed by atoms with Gasteiger partial charge in [-0.25, -0.2) is 8.42 Å². The third-order valence-corrected chi connectivity index (χ3v) is 6.34. The second-order valence-electron chi connectivity index (χ2n) is 6.98. The van der Waals surface area contributed by atoms with Crippen molar-refractivity contribution >= 4 is 9.84 Å². The molecule has 104 valence electrons. The van der Waals surface area contributed by atoms with Crippen LogP contribution < -0.4 is 5.32 Å². The topological polar surface area (TPSA) is 46.2 Å². The first kappa shape index (κ1) is 12.9. The van der Waals surface area contributed by atoms with Gasteiger partial charge in [0.2, 0.25) is 0 Å². The van der Waals surface area contributed by atoms with Gasteiger partial charge >= 0.3 is 0 Å². The van der Waals surface area contributed by atoms with E-state index in [-0.39, 0.29) is 0 Å². The van der Waals surface area contributed by atoms with Gasteiger partial charge in [0.15, 0.2) is 0 Å². The van der Waals surface area contributed by atoms with E-state index in [1.165, 1.54) is 44.8 Å². The molecule has 0 heterocycles. The van der Waals surface area contributed by atoms with Gasteiger partial charge in [0.05, 0.1) is 5.75 Å². The van der Waals surface area contributed by atoms with E-state index in [1.807, 2.05) is 0 Å². The van der Waals surface area contributed by atoms with Crippen molar-refractivity contribution in [2.75, 3.05) is 18.6 Å². The summed E-state index contributed by atoms with van der Waals surface area (Å²) in [6.45, 7) is 1.06. The van der Waals surface area contributed by atoms with Gasteiger partial charge in [0.25, 0.3) is 0 Å². The van der Waals surface area contributed by atoms with Crippen molar-refractivity contribution in [3.05, 3.63) is 0 Å². The highest BCUT2D eigenvalue weighted by atomic mass is 32.2. The van der Waals surface area contributed by atoms with Crippen LogP contribution in [0.3, 0.4) is 0 Å². The fourth-order valence-corrected chi connectivity index (χ4v) is 4.97. The Balaban J connectivity index is 1.66. The molecule has 0 aliphatic heterocycles. The molecule has 0 aromatic rings. The van der Waals surface area contributed by atoms with E-state index in [0.717, 1.165) is 30.8 Å². The van der Waals surface area contributed by atoms with Crippen molar-refractivity contribution in [3.8, 4) is 0 Å². The summed E-state index contributed by atoms with van der Waals surface area (Å²) >= 11 is 0. The van der Waals surface area contributed by atoms with Gasteiger partial charge < -0.3 is 5.32 Å². The molecule has 18 heavy (non-hydrogen) atoms. The minimum atomic E-state index is -2.82. The molecule has 2 bridgehead atoms. The summed E-state index contributed by atoms with van der Waals surface area (Å²) in [5.41, 5.74) is 0.300. The van der Waals surface area contributed by atoms with E-state index in [2.05, 4.69) is 5.32 Å². The molecule has 0 radical (unpaired) electrons. The molecule has 3 fully saturated rings. The number of sulfone groups is 1. The smallest absolute Gasteiger partial charge is 0.147 e. The highest BCUT2D eigenvalue weighted by Crippen LogP contribution is 2.57. The molecule has 3 aliphatic rings. The van der Waals surface area contributed by atoms with E-state index in [1.54, 1.807) is 0 Å². The molecule has 3 unspecified atom stereocenters. The zero-order chi connectivity index (χ0) is 12.8. The maximum atomic E-state index is 11.5. The van der Waals surface area contributed by atoms with Crippen LogP contribution >= 0.6 is 0 Å². The number of hydrogen-bond donors (Lipinski definition) is 1. The largest absolute Gasteiger partial charge is 0.313 e. The lowest BCUT2D eigenvalue weighted by atomic mass is 9.71. The van der Waals surface area contributed by atoms with Crippen molar-refractivity contribution in [1.82, 2.24) is 5.32 Å². The second-order valence-corrected chi connectivity index (χ2v) is 9.24. The van der Waals surface area contributed by atoms with E-state index >= 15 is 0 Å². The fraction of sp³-hybridized carbons (Fsp3) is 1.00. The molecule has 4 heteroatoms. The van der Waals surface area contributed by atoms with Gasteiger partial charge in [-0.1, -0.05) is 6.42 Å². The molecule has 3 atom stereocenters. The average molecular weight is 271 g/mol. The molecular formula is C14H25NO2S. The Hall–Kier alpha value is -0.0900. The Morgan fingerprint density at radius 1 is 1.22 bits per heavy atom. The number of nitrogens with one attached hydrogen (secondary N) is 1. The lowest BCUT2D eigenvalue weighted by Crippen LogP contribution is -2.40. The predicted octanol–water partition coefficient (Wildman–Crippen LogP) is 1.98. The quantitative estimate of drug-likeness (QED) is 0.803. The number of fused-ring (bicyclic) bond motifs is 2. The third-order valence-electron chi connectivity index (χ3n) is 5.39. The van der Waals surface area contributed by atoms with Crippen molar-refractivity contribution < 1.29 is 8.42 Å². The molecule has 0 aromatic carbocycles. The summed E-state index contributed by atoms with van der Waals surface area (Å²) < 4.78 is 22.9. The van der Waals surface area contributed by atoms with Crippen LogP contribution in [0, 0.1) is 17.3 Å². The van der Waals surface area contributed by atoms with E-state index in [4.69, 9.17) is 0 Å². The van der Waals surface area contributed by atoms with Crippen LogP contribution in [0.25, 0.3) is 0 Å². The van der Waals surface area contributed by atoms with Gasteiger partial charge in [-0.05, 0) is 55.8 Å². The third kappa shape index (κ3) is 2.74. The van der Waals surface area contributed by atoms with Crippen LogP contribution in [0.1, 0.15) is 44.9 Å². The van der Waals surface area contributed by atoms with Crippen molar-refractivity contribution in [2.45, 2.75) is 51.0 Å². The minimum Gasteiger partial charge on any atom is -0.313 e. The van der Waals surface area contributed by atoms with Gasteiger partial charge in [-0.15, -0.1) is 0 Å². The van der Waals surface area contributed by atoms with Crippen LogP contribution in [0.4, 0.5) is 0 Å².